The smallest absolute Gasteiger partial charge is 0.417 e. The largest absolute Gasteiger partial charge is 0.497 e. The highest BCUT2D eigenvalue weighted by Crippen LogP contribution is 2.41. The number of nitrogens with zero attached hydrogens (tertiary/aromatic N) is 5. The van der Waals surface area contributed by atoms with Gasteiger partial charge in [0.2, 0.25) is 0 Å². The van der Waals surface area contributed by atoms with Gasteiger partial charge in [-0.3, -0.25) is 0 Å². The zero-order valence-corrected chi connectivity index (χ0v) is 22.4. The van der Waals surface area contributed by atoms with E-state index < -0.39 is 21.8 Å². The Balaban J connectivity index is 1.50. The van der Waals surface area contributed by atoms with E-state index in [0.717, 1.165) is 10.4 Å². The molecule has 0 spiro atoms. The average Bonchev–Trinajstić information content (AvgIpc) is 2.95. The molecule has 0 bridgehead atoms. The molecule has 2 aromatic carbocycles. The molecule has 4 aromatic rings. The highest BCUT2D eigenvalue weighted by atomic mass is 35.5. The van der Waals surface area contributed by atoms with Crippen molar-refractivity contribution in [2.24, 2.45) is 0 Å². The van der Waals surface area contributed by atoms with Crippen LogP contribution in [0.4, 0.5) is 30.5 Å². The normalized spacial score (nSPS) is 13.4. The lowest BCUT2D eigenvalue weighted by molar-refractivity contribution is -0.137. The lowest BCUT2D eigenvalue weighted by Gasteiger charge is -2.31. The van der Waals surface area contributed by atoms with Gasteiger partial charge in [0.1, 0.15) is 30.3 Å². The Kier molecular flexibility index (Phi) is 7.43. The second kappa shape index (κ2) is 10.8. The molecule has 0 saturated heterocycles. The Morgan fingerprint density at radius 3 is 2.52 bits per heavy atom. The quantitative estimate of drug-likeness (QED) is 0.279. The number of halogens is 4. The third-order valence-electron chi connectivity index (χ3n) is 6.09. The molecule has 5 rings (SSSR count). The second-order valence-electron chi connectivity index (χ2n) is 8.58. The minimum atomic E-state index is -4.59. The maximum atomic E-state index is 13.9. The van der Waals surface area contributed by atoms with Crippen molar-refractivity contribution in [1.29, 1.82) is 0 Å². The van der Waals surface area contributed by atoms with E-state index in [4.69, 9.17) is 21.1 Å². The van der Waals surface area contributed by atoms with Gasteiger partial charge in [-0.2, -0.15) is 13.2 Å². The van der Waals surface area contributed by atoms with Gasteiger partial charge in [0, 0.05) is 24.5 Å². The van der Waals surface area contributed by atoms with E-state index in [1.165, 1.54) is 43.9 Å². The standard InChI is InChI=1S/C26H21ClF3N5O4S/c1-38-19-4-2-17(3-5-19)15-35(24-8-9-31-16-33-24)40(36,37)20-6-7-22-23(13-20)39-11-10-34(22)25-21(27)12-18(14-32-25)26(28,29)30/h2-9,12-14,16H,10-11,15H2,1H3. The Bertz CT molecular complexity index is 1620. The molecule has 208 valence electrons. The van der Waals surface area contributed by atoms with Crippen LogP contribution in [0.5, 0.6) is 11.5 Å². The molecule has 0 amide bonds. The summed E-state index contributed by atoms with van der Waals surface area (Å²) in [5.41, 5.74) is 0.118. The molecule has 40 heavy (non-hydrogen) atoms. The molecule has 2 aromatic heterocycles. The molecule has 0 saturated carbocycles. The third-order valence-corrected chi connectivity index (χ3v) is 8.12. The third kappa shape index (κ3) is 5.47. The number of methoxy groups -OCH3 is 1. The lowest BCUT2D eigenvalue weighted by Crippen LogP contribution is -2.32. The number of hydrogen-bond acceptors (Lipinski definition) is 8. The number of anilines is 3. The molecule has 3 heterocycles. The van der Waals surface area contributed by atoms with E-state index in [2.05, 4.69) is 15.0 Å². The van der Waals surface area contributed by atoms with Crippen molar-refractivity contribution >= 4 is 38.9 Å². The van der Waals surface area contributed by atoms with Crippen LogP contribution in [-0.4, -0.2) is 43.6 Å². The molecule has 0 fully saturated rings. The summed E-state index contributed by atoms with van der Waals surface area (Å²) in [5.74, 6) is 1.08. The molecule has 1 aliphatic rings. The van der Waals surface area contributed by atoms with Crippen molar-refractivity contribution in [2.75, 3.05) is 29.5 Å². The van der Waals surface area contributed by atoms with Crippen molar-refractivity contribution in [3.8, 4) is 11.5 Å². The maximum absolute atomic E-state index is 13.9. The number of pyridine rings is 1. The van der Waals surface area contributed by atoms with E-state index in [9.17, 15) is 21.6 Å². The highest BCUT2D eigenvalue weighted by Gasteiger charge is 2.33. The number of sulfonamides is 1. The van der Waals surface area contributed by atoms with Gasteiger partial charge in [-0.25, -0.2) is 27.7 Å². The van der Waals surface area contributed by atoms with Gasteiger partial charge in [-0.1, -0.05) is 23.7 Å². The van der Waals surface area contributed by atoms with Crippen molar-refractivity contribution in [3.05, 3.63) is 89.5 Å². The minimum Gasteiger partial charge on any atom is -0.497 e. The molecule has 0 unspecified atom stereocenters. The summed E-state index contributed by atoms with van der Waals surface area (Å²) < 4.78 is 79.2. The van der Waals surface area contributed by atoms with E-state index in [1.807, 2.05) is 0 Å². The van der Waals surface area contributed by atoms with Crippen molar-refractivity contribution in [2.45, 2.75) is 17.6 Å². The SMILES string of the molecule is COc1ccc(CN(c2ccncn2)S(=O)(=O)c2ccc3c(c2)OCCN3c2ncc(C(F)(F)F)cc2Cl)cc1. The van der Waals surface area contributed by atoms with Gasteiger partial charge in [-0.15, -0.1) is 0 Å². The zero-order valence-electron chi connectivity index (χ0n) is 20.8. The number of hydrogen-bond donors (Lipinski definition) is 0. The molecule has 0 N–H and O–H groups in total. The molecular weight excluding hydrogens is 571 g/mol. The lowest BCUT2D eigenvalue weighted by atomic mass is 10.2. The topological polar surface area (TPSA) is 97.8 Å². The monoisotopic (exact) mass is 591 g/mol. The van der Waals surface area contributed by atoms with Gasteiger partial charge in [0.15, 0.2) is 5.82 Å². The summed E-state index contributed by atoms with van der Waals surface area (Å²) in [6.07, 6.45) is -1.20. The van der Waals surface area contributed by atoms with Crippen molar-refractivity contribution in [1.82, 2.24) is 15.0 Å². The summed E-state index contributed by atoms with van der Waals surface area (Å²) in [4.78, 5) is 13.5. The number of benzene rings is 2. The summed E-state index contributed by atoms with van der Waals surface area (Å²) in [6, 6.07) is 13.5. The molecule has 0 atom stereocenters. The van der Waals surface area contributed by atoms with Crippen LogP contribution < -0.4 is 18.7 Å². The van der Waals surface area contributed by atoms with Crippen molar-refractivity contribution in [3.63, 3.8) is 0 Å². The Labute approximate surface area is 232 Å². The van der Waals surface area contributed by atoms with Crippen LogP contribution in [0.15, 0.2) is 78.2 Å². The van der Waals surface area contributed by atoms with Gasteiger partial charge in [0.05, 0.1) is 41.4 Å². The predicted molar refractivity (Wildman–Crippen MR) is 142 cm³/mol. The first kappa shape index (κ1) is 27.5. The molecule has 14 heteroatoms. The van der Waals surface area contributed by atoms with Crippen LogP contribution >= 0.6 is 11.6 Å². The summed E-state index contributed by atoms with van der Waals surface area (Å²) in [6.45, 7) is 0.331. The fourth-order valence-electron chi connectivity index (χ4n) is 4.11. The predicted octanol–water partition coefficient (Wildman–Crippen LogP) is 5.48. The van der Waals surface area contributed by atoms with E-state index in [0.29, 0.717) is 23.2 Å². The Morgan fingerprint density at radius 1 is 1.10 bits per heavy atom. The maximum Gasteiger partial charge on any atom is 0.417 e. The number of rotatable bonds is 7. The van der Waals surface area contributed by atoms with Gasteiger partial charge >= 0.3 is 6.18 Å². The number of ether oxygens (including phenoxy) is 2. The molecule has 9 nitrogen and oxygen atoms in total. The second-order valence-corrected chi connectivity index (χ2v) is 10.9. The minimum absolute atomic E-state index is 0.0293. The van der Waals surface area contributed by atoms with Crippen LogP contribution in [0.2, 0.25) is 5.02 Å². The fraction of sp³-hybridized carbons (Fsp3) is 0.192. The summed E-state index contributed by atoms with van der Waals surface area (Å²) >= 11 is 6.18. The first-order valence-corrected chi connectivity index (χ1v) is 13.6. The zero-order chi connectivity index (χ0) is 28.5. The van der Waals surface area contributed by atoms with Gasteiger partial charge in [-0.05, 0) is 35.9 Å². The average molecular weight is 592 g/mol. The van der Waals surface area contributed by atoms with Gasteiger partial charge in [0.25, 0.3) is 10.0 Å². The Hall–Kier alpha value is -4.10. The van der Waals surface area contributed by atoms with Crippen LogP contribution in [0, 0.1) is 0 Å². The molecule has 0 radical (unpaired) electrons. The van der Waals surface area contributed by atoms with Crippen LogP contribution in [-0.2, 0) is 22.7 Å². The van der Waals surface area contributed by atoms with Crippen molar-refractivity contribution < 1.29 is 31.1 Å². The van der Waals surface area contributed by atoms with Crippen LogP contribution in [0.1, 0.15) is 11.1 Å². The summed E-state index contributed by atoms with van der Waals surface area (Å²) in [7, 11) is -2.63. The van der Waals surface area contributed by atoms with Gasteiger partial charge < -0.3 is 14.4 Å². The number of fused-ring (bicyclic) bond motifs is 1. The first-order chi connectivity index (χ1) is 19.1. The summed E-state index contributed by atoms with van der Waals surface area (Å²) in [5, 5.41) is -0.200. The van der Waals surface area contributed by atoms with Crippen LogP contribution in [0.25, 0.3) is 0 Å². The van der Waals surface area contributed by atoms with E-state index in [-0.39, 0.29) is 47.0 Å². The van der Waals surface area contributed by atoms with Crippen LogP contribution in [0.3, 0.4) is 0 Å². The molecule has 0 aliphatic carbocycles. The molecule has 1 aliphatic heterocycles. The molecular formula is C26H21ClF3N5O4S. The van der Waals surface area contributed by atoms with E-state index in [1.54, 1.807) is 29.2 Å². The fourth-order valence-corrected chi connectivity index (χ4v) is 5.80. The van der Waals surface area contributed by atoms with E-state index >= 15 is 0 Å². The Morgan fingerprint density at radius 2 is 1.88 bits per heavy atom. The highest BCUT2D eigenvalue weighted by molar-refractivity contribution is 7.92. The number of alkyl halides is 3. The number of aromatic nitrogens is 3. The first-order valence-electron chi connectivity index (χ1n) is 11.8.